The van der Waals surface area contributed by atoms with Crippen molar-refractivity contribution >= 4 is 5.71 Å². The minimum atomic E-state index is 0.488. The molecule has 3 heteroatoms. The Kier molecular flexibility index (Phi) is 4.39. The van der Waals surface area contributed by atoms with Gasteiger partial charge in [0.05, 0.1) is 7.11 Å². The highest BCUT2D eigenvalue weighted by Crippen LogP contribution is 2.29. The van der Waals surface area contributed by atoms with Crippen LogP contribution in [0.1, 0.15) is 11.1 Å². The van der Waals surface area contributed by atoms with E-state index in [1.807, 2.05) is 78.9 Å². The highest BCUT2D eigenvalue weighted by atomic mass is 16.5. The minimum Gasteiger partial charge on any atom is -0.496 e. The average Bonchev–Trinajstić information content (AvgIpc) is 2.64. The van der Waals surface area contributed by atoms with Crippen LogP contribution in [0.3, 0.4) is 0 Å². The van der Waals surface area contributed by atoms with Gasteiger partial charge in [0, 0.05) is 11.1 Å². The molecule has 3 rings (SSSR count). The maximum atomic E-state index is 9.47. The van der Waals surface area contributed by atoms with Gasteiger partial charge in [-0.05, 0) is 23.3 Å². The quantitative estimate of drug-likeness (QED) is 0.435. The van der Waals surface area contributed by atoms with Gasteiger partial charge in [0.2, 0.25) is 0 Å². The Labute approximate surface area is 135 Å². The Morgan fingerprint density at radius 2 is 1.48 bits per heavy atom. The molecule has 1 N–H and O–H groups in total. The second kappa shape index (κ2) is 6.79. The lowest BCUT2D eigenvalue weighted by molar-refractivity contribution is 0.319. The van der Waals surface area contributed by atoms with Gasteiger partial charge in [-0.3, -0.25) is 0 Å². The predicted octanol–water partition coefficient (Wildman–Crippen LogP) is 4.59. The maximum Gasteiger partial charge on any atom is 0.129 e. The molecule has 0 aromatic heterocycles. The number of benzene rings is 3. The zero-order valence-corrected chi connectivity index (χ0v) is 12.8. The van der Waals surface area contributed by atoms with Crippen LogP contribution >= 0.6 is 0 Å². The molecule has 0 fully saturated rings. The van der Waals surface area contributed by atoms with Crippen LogP contribution in [0.2, 0.25) is 0 Å². The number of oxime groups is 1. The smallest absolute Gasteiger partial charge is 0.129 e. The van der Waals surface area contributed by atoms with E-state index in [0.29, 0.717) is 11.5 Å². The molecule has 0 amide bonds. The molecule has 0 aliphatic carbocycles. The summed E-state index contributed by atoms with van der Waals surface area (Å²) in [6.07, 6.45) is 0. The third-order valence-electron chi connectivity index (χ3n) is 3.71. The molecule has 0 atom stereocenters. The van der Waals surface area contributed by atoms with Crippen molar-refractivity contribution in [2.75, 3.05) is 7.11 Å². The van der Waals surface area contributed by atoms with E-state index < -0.39 is 0 Å². The fraction of sp³-hybridized carbons (Fsp3) is 0.0500. The Hall–Kier alpha value is -3.07. The fourth-order valence-corrected chi connectivity index (χ4v) is 2.56. The van der Waals surface area contributed by atoms with Crippen molar-refractivity contribution in [2.45, 2.75) is 0 Å². The largest absolute Gasteiger partial charge is 0.496 e. The SMILES string of the molecule is COc1cc(-c2ccccc2)ccc1C(=NO)c1ccccc1. The summed E-state index contributed by atoms with van der Waals surface area (Å²) in [5.74, 6) is 0.669. The van der Waals surface area contributed by atoms with E-state index in [2.05, 4.69) is 5.16 Å². The van der Waals surface area contributed by atoms with Crippen LogP contribution in [0, 0.1) is 0 Å². The second-order valence-corrected chi connectivity index (χ2v) is 5.10. The number of rotatable bonds is 4. The van der Waals surface area contributed by atoms with Crippen LogP contribution in [-0.4, -0.2) is 18.0 Å². The predicted molar refractivity (Wildman–Crippen MR) is 92.3 cm³/mol. The van der Waals surface area contributed by atoms with E-state index in [0.717, 1.165) is 22.3 Å². The first-order valence-corrected chi connectivity index (χ1v) is 7.35. The molecule has 0 heterocycles. The Bertz CT molecular complexity index is 812. The molecule has 114 valence electrons. The van der Waals surface area contributed by atoms with Crippen molar-refractivity contribution in [3.8, 4) is 16.9 Å². The fourth-order valence-electron chi connectivity index (χ4n) is 2.56. The van der Waals surface area contributed by atoms with Crippen molar-refractivity contribution in [2.24, 2.45) is 5.16 Å². The molecule has 0 bridgehead atoms. The summed E-state index contributed by atoms with van der Waals surface area (Å²) in [6.45, 7) is 0. The lowest BCUT2D eigenvalue weighted by atomic mass is 9.97. The molecule has 0 saturated carbocycles. The molecule has 0 saturated heterocycles. The van der Waals surface area contributed by atoms with E-state index >= 15 is 0 Å². The van der Waals surface area contributed by atoms with Crippen molar-refractivity contribution in [3.05, 3.63) is 90.0 Å². The number of hydrogen-bond acceptors (Lipinski definition) is 3. The van der Waals surface area contributed by atoms with Crippen LogP contribution in [0.15, 0.2) is 84.0 Å². The molecule has 23 heavy (non-hydrogen) atoms. The molecular formula is C20H17NO2. The molecule has 3 aromatic rings. The molecule has 3 aromatic carbocycles. The summed E-state index contributed by atoms with van der Waals surface area (Å²) in [6, 6.07) is 25.5. The van der Waals surface area contributed by atoms with Gasteiger partial charge < -0.3 is 9.94 Å². The third kappa shape index (κ3) is 3.09. The van der Waals surface area contributed by atoms with E-state index in [4.69, 9.17) is 4.74 Å². The standard InChI is InChI=1S/C20H17NO2/c1-23-19-14-17(15-8-4-2-5-9-15)12-13-18(19)20(21-22)16-10-6-3-7-11-16/h2-14,22H,1H3. The van der Waals surface area contributed by atoms with Gasteiger partial charge in [-0.1, -0.05) is 71.9 Å². The molecule has 0 spiro atoms. The summed E-state index contributed by atoms with van der Waals surface area (Å²) < 4.78 is 5.52. The first-order valence-electron chi connectivity index (χ1n) is 7.35. The first kappa shape index (κ1) is 14.9. The summed E-state index contributed by atoms with van der Waals surface area (Å²) in [4.78, 5) is 0. The first-order chi connectivity index (χ1) is 11.3. The third-order valence-corrected chi connectivity index (χ3v) is 3.71. The van der Waals surface area contributed by atoms with Gasteiger partial charge in [-0.2, -0.15) is 0 Å². The molecule has 0 aliphatic rings. The van der Waals surface area contributed by atoms with Gasteiger partial charge in [0.1, 0.15) is 11.5 Å². The highest BCUT2D eigenvalue weighted by molar-refractivity contribution is 6.14. The molecule has 0 aliphatic heterocycles. The Balaban J connectivity index is 2.07. The van der Waals surface area contributed by atoms with Crippen LogP contribution in [-0.2, 0) is 0 Å². The van der Waals surface area contributed by atoms with E-state index in [1.54, 1.807) is 7.11 Å². The molecule has 3 nitrogen and oxygen atoms in total. The number of methoxy groups -OCH3 is 1. The summed E-state index contributed by atoms with van der Waals surface area (Å²) in [7, 11) is 1.62. The minimum absolute atomic E-state index is 0.488. The van der Waals surface area contributed by atoms with Crippen LogP contribution in [0.5, 0.6) is 5.75 Å². The lowest BCUT2D eigenvalue weighted by Gasteiger charge is -2.12. The van der Waals surface area contributed by atoms with E-state index in [-0.39, 0.29) is 0 Å². The summed E-state index contributed by atoms with van der Waals surface area (Å²) in [5, 5.41) is 12.9. The Morgan fingerprint density at radius 1 is 0.826 bits per heavy atom. The zero-order valence-electron chi connectivity index (χ0n) is 12.8. The van der Waals surface area contributed by atoms with Crippen molar-refractivity contribution in [3.63, 3.8) is 0 Å². The molecule has 0 radical (unpaired) electrons. The molecular weight excluding hydrogens is 286 g/mol. The zero-order chi connectivity index (χ0) is 16.1. The van der Waals surface area contributed by atoms with Crippen molar-refractivity contribution < 1.29 is 9.94 Å². The summed E-state index contributed by atoms with van der Waals surface area (Å²) in [5.41, 5.74) is 4.24. The van der Waals surface area contributed by atoms with Crippen molar-refractivity contribution in [1.29, 1.82) is 0 Å². The topological polar surface area (TPSA) is 41.8 Å². The molecule has 0 unspecified atom stereocenters. The van der Waals surface area contributed by atoms with Gasteiger partial charge in [-0.25, -0.2) is 0 Å². The average molecular weight is 303 g/mol. The monoisotopic (exact) mass is 303 g/mol. The number of hydrogen-bond donors (Lipinski definition) is 1. The maximum absolute atomic E-state index is 9.47. The van der Waals surface area contributed by atoms with E-state index in [1.165, 1.54) is 0 Å². The van der Waals surface area contributed by atoms with Crippen LogP contribution in [0.4, 0.5) is 0 Å². The highest BCUT2D eigenvalue weighted by Gasteiger charge is 2.14. The lowest BCUT2D eigenvalue weighted by Crippen LogP contribution is -2.05. The Morgan fingerprint density at radius 3 is 2.09 bits per heavy atom. The van der Waals surface area contributed by atoms with E-state index in [9.17, 15) is 5.21 Å². The van der Waals surface area contributed by atoms with Gasteiger partial charge in [-0.15, -0.1) is 0 Å². The normalized spacial score (nSPS) is 11.3. The second-order valence-electron chi connectivity index (χ2n) is 5.10. The summed E-state index contributed by atoms with van der Waals surface area (Å²) >= 11 is 0. The number of ether oxygens (including phenoxy) is 1. The van der Waals surface area contributed by atoms with Crippen molar-refractivity contribution in [1.82, 2.24) is 0 Å². The van der Waals surface area contributed by atoms with Gasteiger partial charge >= 0.3 is 0 Å². The van der Waals surface area contributed by atoms with Crippen LogP contribution < -0.4 is 4.74 Å². The number of nitrogens with zero attached hydrogens (tertiary/aromatic N) is 1. The van der Waals surface area contributed by atoms with Crippen LogP contribution in [0.25, 0.3) is 11.1 Å². The van der Waals surface area contributed by atoms with Gasteiger partial charge in [0.25, 0.3) is 0 Å². The van der Waals surface area contributed by atoms with Gasteiger partial charge in [0.15, 0.2) is 0 Å².